The van der Waals surface area contributed by atoms with E-state index in [1.807, 2.05) is 31.2 Å². The number of thiophene rings is 1. The van der Waals surface area contributed by atoms with E-state index in [9.17, 15) is 9.59 Å². The van der Waals surface area contributed by atoms with E-state index in [0.29, 0.717) is 27.5 Å². The fourth-order valence-electron chi connectivity index (χ4n) is 3.54. The Morgan fingerprint density at radius 2 is 2.10 bits per heavy atom. The van der Waals surface area contributed by atoms with Gasteiger partial charge in [0.15, 0.2) is 5.82 Å². The zero-order valence-corrected chi connectivity index (χ0v) is 18.5. The Morgan fingerprint density at radius 1 is 1.33 bits per heavy atom. The van der Waals surface area contributed by atoms with Gasteiger partial charge in [-0.25, -0.2) is 4.98 Å². The van der Waals surface area contributed by atoms with Gasteiger partial charge in [-0.05, 0) is 37.7 Å². The van der Waals surface area contributed by atoms with E-state index in [4.69, 9.17) is 5.73 Å². The van der Waals surface area contributed by atoms with E-state index < -0.39 is 5.91 Å². The molecule has 3 aromatic rings. The molecule has 1 aliphatic carbocycles. The number of aromatic nitrogens is 3. The molecule has 2 amide bonds. The molecule has 0 aliphatic heterocycles. The molecule has 1 aliphatic rings. The maximum Gasteiger partial charge on any atom is 0.251 e. The standard InChI is InChI=1S/C21H23N5O2S2/c1-11-3-6-13(7-4-11)19-24-21(26-25-19)29-10-16(27)23-20-17(18(22)28)14-8-5-12(2)9-15(14)30-20/h3-4,6-7,12H,5,8-10H2,1-2H3,(H2,22,28)(H,23,27)(H,24,25,26). The molecule has 0 bridgehead atoms. The third-order valence-electron chi connectivity index (χ3n) is 5.13. The molecule has 7 nitrogen and oxygen atoms in total. The number of rotatable bonds is 6. The number of H-pyrrole nitrogens is 1. The topological polar surface area (TPSA) is 114 Å². The average Bonchev–Trinajstić information content (AvgIpc) is 3.31. The van der Waals surface area contributed by atoms with Crippen LogP contribution in [0, 0.1) is 12.8 Å². The molecule has 9 heteroatoms. The van der Waals surface area contributed by atoms with E-state index in [0.717, 1.165) is 35.3 Å². The summed E-state index contributed by atoms with van der Waals surface area (Å²) in [7, 11) is 0. The van der Waals surface area contributed by atoms with Crippen LogP contribution in [-0.2, 0) is 17.6 Å². The number of fused-ring (bicyclic) bond motifs is 1. The normalized spacial score (nSPS) is 15.6. The third kappa shape index (κ3) is 4.41. The summed E-state index contributed by atoms with van der Waals surface area (Å²) in [5.41, 5.74) is 9.20. The lowest BCUT2D eigenvalue weighted by Crippen LogP contribution is -2.20. The van der Waals surface area contributed by atoms with Gasteiger partial charge in [0.1, 0.15) is 5.00 Å². The Balaban J connectivity index is 1.41. The zero-order valence-electron chi connectivity index (χ0n) is 16.8. The summed E-state index contributed by atoms with van der Waals surface area (Å²) in [6.45, 7) is 4.22. The lowest BCUT2D eigenvalue weighted by molar-refractivity contribution is -0.113. The number of hydrogen-bond donors (Lipinski definition) is 3. The highest BCUT2D eigenvalue weighted by Gasteiger charge is 2.27. The molecular weight excluding hydrogens is 418 g/mol. The first-order valence-corrected chi connectivity index (χ1v) is 11.6. The quantitative estimate of drug-likeness (QED) is 0.504. The van der Waals surface area contributed by atoms with Gasteiger partial charge in [0.25, 0.3) is 5.91 Å². The lowest BCUT2D eigenvalue weighted by Gasteiger charge is -2.18. The van der Waals surface area contributed by atoms with Crippen molar-refractivity contribution in [3.05, 3.63) is 45.8 Å². The number of nitrogens with zero attached hydrogens (tertiary/aromatic N) is 2. The summed E-state index contributed by atoms with van der Waals surface area (Å²) in [6, 6.07) is 7.97. The largest absolute Gasteiger partial charge is 0.365 e. The number of anilines is 1. The maximum absolute atomic E-state index is 12.5. The molecule has 0 radical (unpaired) electrons. The summed E-state index contributed by atoms with van der Waals surface area (Å²) in [4.78, 5) is 30.1. The van der Waals surface area contributed by atoms with Crippen LogP contribution in [0.15, 0.2) is 29.4 Å². The van der Waals surface area contributed by atoms with Crippen LogP contribution in [0.5, 0.6) is 0 Å². The van der Waals surface area contributed by atoms with Crippen LogP contribution in [0.25, 0.3) is 11.4 Å². The summed E-state index contributed by atoms with van der Waals surface area (Å²) < 4.78 is 0. The Bertz CT molecular complexity index is 1090. The Morgan fingerprint density at radius 3 is 2.83 bits per heavy atom. The fraction of sp³-hybridized carbons (Fsp3) is 0.333. The molecule has 0 spiro atoms. The van der Waals surface area contributed by atoms with Crippen LogP contribution in [-0.4, -0.2) is 32.7 Å². The zero-order chi connectivity index (χ0) is 21.3. The van der Waals surface area contributed by atoms with Crippen molar-refractivity contribution in [1.82, 2.24) is 15.2 Å². The lowest BCUT2D eigenvalue weighted by atomic mass is 9.88. The summed E-state index contributed by atoms with van der Waals surface area (Å²) in [6.07, 6.45) is 2.78. The first-order chi connectivity index (χ1) is 14.4. The number of aromatic amines is 1. The minimum atomic E-state index is -0.485. The van der Waals surface area contributed by atoms with E-state index in [1.54, 1.807) is 0 Å². The van der Waals surface area contributed by atoms with Gasteiger partial charge < -0.3 is 11.1 Å². The van der Waals surface area contributed by atoms with E-state index in [-0.39, 0.29) is 11.7 Å². The van der Waals surface area contributed by atoms with Gasteiger partial charge in [-0.15, -0.1) is 16.4 Å². The molecule has 2 aromatic heterocycles. The number of carbonyl (C=O) groups is 2. The number of benzene rings is 1. The fourth-order valence-corrected chi connectivity index (χ4v) is 5.57. The van der Waals surface area contributed by atoms with Crippen LogP contribution in [0.1, 0.15) is 39.7 Å². The van der Waals surface area contributed by atoms with Gasteiger partial charge in [0.05, 0.1) is 11.3 Å². The average molecular weight is 442 g/mol. The smallest absolute Gasteiger partial charge is 0.251 e. The summed E-state index contributed by atoms with van der Waals surface area (Å²) >= 11 is 2.71. The molecule has 4 rings (SSSR count). The van der Waals surface area contributed by atoms with Crippen molar-refractivity contribution in [2.45, 2.75) is 38.3 Å². The second kappa shape index (κ2) is 8.61. The van der Waals surface area contributed by atoms with Crippen molar-refractivity contribution in [3.63, 3.8) is 0 Å². The Kier molecular flexibility index (Phi) is 5.92. The number of aryl methyl sites for hydroxylation is 1. The van der Waals surface area contributed by atoms with Gasteiger partial charge in [0, 0.05) is 10.4 Å². The molecule has 30 heavy (non-hydrogen) atoms. The van der Waals surface area contributed by atoms with Crippen LogP contribution in [0.3, 0.4) is 0 Å². The Hall–Kier alpha value is -2.65. The molecule has 4 N–H and O–H groups in total. The number of thioether (sulfide) groups is 1. The van der Waals surface area contributed by atoms with Crippen LogP contribution < -0.4 is 11.1 Å². The van der Waals surface area contributed by atoms with Gasteiger partial charge in [-0.3, -0.25) is 14.7 Å². The molecule has 0 saturated heterocycles. The first kappa shape index (κ1) is 20.6. The van der Waals surface area contributed by atoms with Crippen molar-refractivity contribution < 1.29 is 9.59 Å². The monoisotopic (exact) mass is 441 g/mol. The highest BCUT2D eigenvalue weighted by molar-refractivity contribution is 7.99. The van der Waals surface area contributed by atoms with E-state index in [1.165, 1.54) is 28.7 Å². The molecule has 1 unspecified atom stereocenters. The number of nitrogens with one attached hydrogen (secondary N) is 2. The summed E-state index contributed by atoms with van der Waals surface area (Å²) in [5, 5.41) is 11.0. The van der Waals surface area contributed by atoms with Crippen molar-refractivity contribution in [2.24, 2.45) is 11.7 Å². The van der Waals surface area contributed by atoms with Crippen molar-refractivity contribution in [3.8, 4) is 11.4 Å². The number of amides is 2. The number of hydrogen-bond acceptors (Lipinski definition) is 6. The van der Waals surface area contributed by atoms with Crippen molar-refractivity contribution in [2.75, 3.05) is 11.1 Å². The second-order valence-electron chi connectivity index (χ2n) is 7.59. The number of carbonyl (C=O) groups excluding carboxylic acids is 2. The first-order valence-electron chi connectivity index (χ1n) is 9.77. The molecule has 1 atom stereocenters. The number of nitrogens with two attached hydrogens (primary N) is 1. The second-order valence-corrected chi connectivity index (χ2v) is 9.64. The SMILES string of the molecule is Cc1ccc(-c2nc(SCC(=O)Nc3sc4c(c3C(N)=O)CCC(C)C4)n[nH]2)cc1. The van der Waals surface area contributed by atoms with Gasteiger partial charge in [-0.2, -0.15) is 0 Å². The molecule has 0 fully saturated rings. The summed E-state index contributed by atoms with van der Waals surface area (Å²) in [5.74, 6) is 0.679. The van der Waals surface area contributed by atoms with Crippen LogP contribution in [0.4, 0.5) is 5.00 Å². The van der Waals surface area contributed by atoms with Gasteiger partial charge in [0.2, 0.25) is 11.1 Å². The predicted octanol–water partition coefficient (Wildman–Crippen LogP) is 3.80. The highest BCUT2D eigenvalue weighted by atomic mass is 32.2. The molecule has 0 saturated carbocycles. The predicted molar refractivity (Wildman–Crippen MR) is 120 cm³/mol. The van der Waals surface area contributed by atoms with Crippen molar-refractivity contribution >= 4 is 39.9 Å². The van der Waals surface area contributed by atoms with Crippen LogP contribution >= 0.6 is 23.1 Å². The van der Waals surface area contributed by atoms with E-state index in [2.05, 4.69) is 27.4 Å². The highest BCUT2D eigenvalue weighted by Crippen LogP contribution is 2.39. The maximum atomic E-state index is 12.5. The van der Waals surface area contributed by atoms with Crippen molar-refractivity contribution in [1.29, 1.82) is 0 Å². The van der Waals surface area contributed by atoms with Gasteiger partial charge >= 0.3 is 0 Å². The van der Waals surface area contributed by atoms with E-state index >= 15 is 0 Å². The minimum Gasteiger partial charge on any atom is -0.365 e. The molecule has 156 valence electrons. The Labute approximate surface area is 182 Å². The third-order valence-corrected chi connectivity index (χ3v) is 7.15. The van der Waals surface area contributed by atoms with Crippen LogP contribution in [0.2, 0.25) is 0 Å². The molecule has 1 aromatic carbocycles. The number of primary amides is 1. The minimum absolute atomic E-state index is 0.141. The molecular formula is C21H23N5O2S2. The van der Waals surface area contributed by atoms with Gasteiger partial charge in [-0.1, -0.05) is 48.5 Å². The molecule has 2 heterocycles.